The Morgan fingerprint density at radius 3 is 2.57 bits per heavy atom. The van der Waals surface area contributed by atoms with Crippen LogP contribution in [0.15, 0.2) is 35.4 Å². The van der Waals surface area contributed by atoms with Crippen molar-refractivity contribution in [2.75, 3.05) is 6.54 Å². The SMILES string of the molecule is CC(C)C1c2cn[nH]c2C(=O)CN1S(=O)(=O)c1ccc(Cl)cc1. The van der Waals surface area contributed by atoms with E-state index in [1.54, 1.807) is 0 Å². The molecule has 0 amide bonds. The van der Waals surface area contributed by atoms with Crippen molar-refractivity contribution in [1.29, 1.82) is 0 Å². The van der Waals surface area contributed by atoms with Gasteiger partial charge in [0.05, 0.1) is 23.7 Å². The maximum atomic E-state index is 13.0. The van der Waals surface area contributed by atoms with E-state index in [-0.39, 0.29) is 23.1 Å². The fraction of sp³-hybridized carbons (Fsp3) is 0.333. The Hall–Kier alpha value is -1.70. The zero-order valence-corrected chi connectivity index (χ0v) is 14.2. The minimum Gasteiger partial charge on any atom is -0.291 e. The van der Waals surface area contributed by atoms with Gasteiger partial charge in [0.1, 0.15) is 5.69 Å². The molecule has 1 atom stereocenters. The predicted octanol–water partition coefficient (Wildman–Crippen LogP) is 2.65. The van der Waals surface area contributed by atoms with Gasteiger partial charge < -0.3 is 0 Å². The molecule has 0 bridgehead atoms. The van der Waals surface area contributed by atoms with Crippen molar-refractivity contribution >= 4 is 27.4 Å². The van der Waals surface area contributed by atoms with Crippen molar-refractivity contribution < 1.29 is 13.2 Å². The van der Waals surface area contributed by atoms with E-state index in [9.17, 15) is 13.2 Å². The van der Waals surface area contributed by atoms with Crippen LogP contribution in [0, 0.1) is 5.92 Å². The number of hydrogen-bond donors (Lipinski definition) is 1. The van der Waals surface area contributed by atoms with Crippen LogP contribution in [0.25, 0.3) is 0 Å². The smallest absolute Gasteiger partial charge is 0.244 e. The van der Waals surface area contributed by atoms with Crippen LogP contribution >= 0.6 is 11.6 Å². The molecule has 23 heavy (non-hydrogen) atoms. The largest absolute Gasteiger partial charge is 0.291 e. The lowest BCUT2D eigenvalue weighted by Gasteiger charge is -2.36. The summed E-state index contributed by atoms with van der Waals surface area (Å²) in [4.78, 5) is 12.4. The van der Waals surface area contributed by atoms with Gasteiger partial charge in [-0.2, -0.15) is 9.40 Å². The molecule has 122 valence electrons. The zero-order valence-electron chi connectivity index (χ0n) is 12.7. The highest BCUT2D eigenvalue weighted by molar-refractivity contribution is 7.89. The number of carbonyl (C=O) groups is 1. The lowest BCUT2D eigenvalue weighted by molar-refractivity contribution is 0.0909. The Kier molecular flexibility index (Phi) is 4.03. The fourth-order valence-corrected chi connectivity index (χ4v) is 4.71. The summed E-state index contributed by atoms with van der Waals surface area (Å²) in [5.41, 5.74) is 1.01. The summed E-state index contributed by atoms with van der Waals surface area (Å²) in [7, 11) is -3.81. The van der Waals surface area contributed by atoms with Crippen LogP contribution in [0.1, 0.15) is 35.9 Å². The topological polar surface area (TPSA) is 83.1 Å². The number of sulfonamides is 1. The third-order valence-corrected chi connectivity index (χ3v) is 6.02. The number of nitrogens with one attached hydrogen (secondary N) is 1. The van der Waals surface area contributed by atoms with Crippen LogP contribution in [0.4, 0.5) is 0 Å². The van der Waals surface area contributed by atoms with Crippen molar-refractivity contribution in [3.8, 4) is 0 Å². The van der Waals surface area contributed by atoms with Gasteiger partial charge in [-0.3, -0.25) is 9.89 Å². The van der Waals surface area contributed by atoms with Crippen molar-refractivity contribution in [1.82, 2.24) is 14.5 Å². The summed E-state index contributed by atoms with van der Waals surface area (Å²) >= 11 is 5.83. The molecule has 0 saturated carbocycles. The Morgan fingerprint density at radius 2 is 1.96 bits per heavy atom. The Bertz CT molecular complexity index is 843. The van der Waals surface area contributed by atoms with E-state index in [1.165, 1.54) is 34.8 Å². The van der Waals surface area contributed by atoms with E-state index in [2.05, 4.69) is 10.2 Å². The monoisotopic (exact) mass is 353 g/mol. The van der Waals surface area contributed by atoms with Crippen molar-refractivity contribution in [3.63, 3.8) is 0 Å². The van der Waals surface area contributed by atoms with Gasteiger partial charge in [-0.05, 0) is 30.2 Å². The number of H-pyrrole nitrogens is 1. The van der Waals surface area contributed by atoms with Crippen LogP contribution in [-0.4, -0.2) is 35.2 Å². The quantitative estimate of drug-likeness (QED) is 0.919. The second kappa shape index (κ2) is 5.74. The van der Waals surface area contributed by atoms with Crippen LogP contribution in [0.3, 0.4) is 0 Å². The molecule has 2 heterocycles. The molecule has 0 saturated heterocycles. The molecule has 1 N–H and O–H groups in total. The van der Waals surface area contributed by atoms with Gasteiger partial charge >= 0.3 is 0 Å². The number of ketones is 1. The second-order valence-corrected chi connectivity index (χ2v) is 8.14. The molecule has 1 aromatic heterocycles. The normalized spacial score (nSPS) is 19.1. The Morgan fingerprint density at radius 1 is 1.30 bits per heavy atom. The van der Waals surface area contributed by atoms with Crippen molar-refractivity contribution in [2.24, 2.45) is 5.92 Å². The molecule has 1 aliphatic heterocycles. The summed E-state index contributed by atoms with van der Waals surface area (Å²) in [5.74, 6) is -0.298. The second-order valence-electron chi connectivity index (χ2n) is 5.82. The number of carbonyl (C=O) groups excluding carboxylic acids is 1. The average molecular weight is 354 g/mol. The number of aromatic nitrogens is 2. The number of rotatable bonds is 3. The number of aromatic amines is 1. The number of hydrogen-bond acceptors (Lipinski definition) is 4. The predicted molar refractivity (Wildman–Crippen MR) is 85.8 cm³/mol. The van der Waals surface area contributed by atoms with Gasteiger partial charge in [0.25, 0.3) is 0 Å². The summed E-state index contributed by atoms with van der Waals surface area (Å²) in [5, 5.41) is 7.03. The molecule has 1 aromatic carbocycles. The van der Waals surface area contributed by atoms with E-state index in [0.29, 0.717) is 16.3 Å². The van der Waals surface area contributed by atoms with Gasteiger partial charge in [-0.25, -0.2) is 8.42 Å². The van der Waals surface area contributed by atoms with Crippen molar-refractivity contribution in [2.45, 2.75) is 24.8 Å². The molecule has 0 fully saturated rings. The van der Waals surface area contributed by atoms with Gasteiger partial charge in [0.2, 0.25) is 10.0 Å². The van der Waals surface area contributed by atoms with Crippen LogP contribution in [-0.2, 0) is 10.0 Å². The van der Waals surface area contributed by atoms with Gasteiger partial charge in [0, 0.05) is 10.6 Å². The van der Waals surface area contributed by atoms with E-state index in [0.717, 1.165) is 0 Å². The summed E-state index contributed by atoms with van der Waals surface area (Å²) < 4.78 is 27.2. The summed E-state index contributed by atoms with van der Waals surface area (Å²) in [6.07, 6.45) is 1.53. The lowest BCUT2D eigenvalue weighted by Crippen LogP contribution is -2.44. The summed E-state index contributed by atoms with van der Waals surface area (Å²) in [6.45, 7) is 3.63. The zero-order chi connectivity index (χ0) is 16.8. The third kappa shape index (κ3) is 2.69. The maximum absolute atomic E-state index is 13.0. The molecule has 0 aliphatic carbocycles. The minimum atomic E-state index is -3.81. The van der Waals surface area contributed by atoms with Crippen LogP contribution in [0.5, 0.6) is 0 Å². The van der Waals surface area contributed by atoms with Crippen molar-refractivity contribution in [3.05, 3.63) is 46.7 Å². The van der Waals surface area contributed by atoms with Gasteiger partial charge in [-0.1, -0.05) is 25.4 Å². The maximum Gasteiger partial charge on any atom is 0.244 e. The molecule has 6 nitrogen and oxygen atoms in total. The number of benzene rings is 1. The average Bonchev–Trinajstić information content (AvgIpc) is 2.97. The summed E-state index contributed by atoms with van der Waals surface area (Å²) in [6, 6.07) is 5.50. The molecule has 1 aliphatic rings. The molecular weight excluding hydrogens is 338 g/mol. The van der Waals surface area contributed by atoms with E-state index in [1.807, 2.05) is 13.8 Å². The van der Waals surface area contributed by atoms with Crippen LogP contribution in [0.2, 0.25) is 5.02 Å². The first-order valence-corrected chi connectivity index (χ1v) is 8.98. The molecule has 8 heteroatoms. The van der Waals surface area contributed by atoms with E-state index < -0.39 is 16.1 Å². The Balaban J connectivity index is 2.11. The van der Waals surface area contributed by atoms with Gasteiger partial charge in [0.15, 0.2) is 5.78 Å². The third-order valence-electron chi connectivity index (χ3n) is 3.93. The number of fused-ring (bicyclic) bond motifs is 1. The van der Waals surface area contributed by atoms with Crippen LogP contribution < -0.4 is 0 Å². The number of Topliss-reactive ketones (excluding diaryl/α,β-unsaturated/α-hetero) is 1. The number of nitrogens with zero attached hydrogens (tertiary/aromatic N) is 2. The van der Waals surface area contributed by atoms with E-state index in [4.69, 9.17) is 11.6 Å². The first-order chi connectivity index (χ1) is 10.8. The molecule has 3 rings (SSSR count). The first kappa shape index (κ1) is 16.2. The molecular formula is C15H16ClN3O3S. The highest BCUT2D eigenvalue weighted by atomic mass is 35.5. The highest BCUT2D eigenvalue weighted by Crippen LogP contribution is 2.38. The minimum absolute atomic E-state index is 0.0125. The fourth-order valence-electron chi connectivity index (χ4n) is 2.89. The Labute approximate surface area is 139 Å². The standard InChI is InChI=1S/C15H16ClN3O3S/c1-9(2)15-12-7-17-18-14(12)13(20)8-19(15)23(21,22)11-5-3-10(16)4-6-11/h3-7,9,15H,8H2,1-2H3,(H,17,18). The van der Waals surface area contributed by atoms with E-state index >= 15 is 0 Å². The molecule has 2 aromatic rings. The molecule has 1 unspecified atom stereocenters. The lowest BCUT2D eigenvalue weighted by atomic mass is 9.92. The van der Waals surface area contributed by atoms with Gasteiger partial charge in [-0.15, -0.1) is 0 Å². The first-order valence-electron chi connectivity index (χ1n) is 7.16. The number of halogens is 1. The molecule has 0 spiro atoms. The molecule has 0 radical (unpaired) electrons. The highest BCUT2D eigenvalue weighted by Gasteiger charge is 2.42.